The second kappa shape index (κ2) is 6.11. The first-order chi connectivity index (χ1) is 7.25. The predicted octanol–water partition coefficient (Wildman–Crippen LogP) is -0.147. The Kier molecular flexibility index (Phi) is 5.51. The van der Waals surface area contributed by atoms with Gasteiger partial charge in [-0.1, -0.05) is 0 Å². The average Bonchev–Trinajstić information content (AvgIpc) is 1.98. The molecule has 0 aliphatic rings. The molecular weight excluding hydrogens is 232 g/mol. The summed E-state index contributed by atoms with van der Waals surface area (Å²) in [6.07, 6.45) is 0. The molecule has 0 saturated heterocycles. The van der Waals surface area contributed by atoms with Crippen LogP contribution in [0.2, 0.25) is 12.6 Å². The Bertz CT molecular complexity index is 278. The molecule has 0 unspecified atom stereocenters. The smallest absolute Gasteiger partial charge is 0.462 e. The molecule has 92 valence electrons. The Hall–Kier alpha value is -1.57. The minimum Gasteiger partial charge on any atom is -0.485 e. The van der Waals surface area contributed by atoms with Gasteiger partial charge in [0.05, 0.1) is 0 Å². The first kappa shape index (κ1) is 14.4. The maximum absolute atomic E-state index is 10.8. The van der Waals surface area contributed by atoms with Gasteiger partial charge in [0.25, 0.3) is 11.9 Å². The summed E-state index contributed by atoms with van der Waals surface area (Å²) in [6, 6.07) is -0.420. The van der Waals surface area contributed by atoms with Crippen molar-refractivity contribution in [3.05, 3.63) is 0 Å². The van der Waals surface area contributed by atoms with E-state index in [-0.39, 0.29) is 12.6 Å². The molecular formula is C8H16N2O5Si. The summed E-state index contributed by atoms with van der Waals surface area (Å²) in [4.78, 5) is 32.1. The fourth-order valence-corrected chi connectivity index (χ4v) is 3.18. The number of amides is 2. The Labute approximate surface area is 94.5 Å². The van der Waals surface area contributed by atoms with Gasteiger partial charge in [-0.25, -0.2) is 4.79 Å². The fourth-order valence-electron chi connectivity index (χ4n) is 1.14. The van der Waals surface area contributed by atoms with E-state index in [0.29, 0.717) is 0 Å². The zero-order valence-corrected chi connectivity index (χ0v) is 10.5. The number of nitrogens with one attached hydrogen (secondary N) is 1. The summed E-state index contributed by atoms with van der Waals surface area (Å²) < 4.78 is 9.99. The minimum absolute atomic E-state index is 0.193. The quantitative estimate of drug-likeness (QED) is 0.658. The summed E-state index contributed by atoms with van der Waals surface area (Å²) in [5.74, 6) is -1.04. The molecule has 2 amide bonds. The van der Waals surface area contributed by atoms with Crippen molar-refractivity contribution in [3.8, 4) is 0 Å². The molecule has 0 aliphatic carbocycles. The molecule has 0 rings (SSSR count). The van der Waals surface area contributed by atoms with E-state index in [1.165, 1.54) is 13.8 Å². The second-order valence-corrected chi connectivity index (χ2v) is 6.54. The number of rotatable bonds is 5. The summed E-state index contributed by atoms with van der Waals surface area (Å²) in [5, 5.41) is 2.34. The van der Waals surface area contributed by atoms with Crippen LogP contribution in [0.15, 0.2) is 0 Å². The van der Waals surface area contributed by atoms with Gasteiger partial charge in [0, 0.05) is 33.0 Å². The predicted molar refractivity (Wildman–Crippen MR) is 57.5 cm³/mol. The third-order valence-corrected chi connectivity index (χ3v) is 4.19. The number of hydrogen-bond acceptors (Lipinski definition) is 5. The van der Waals surface area contributed by atoms with E-state index in [1.807, 2.05) is 0 Å². The van der Waals surface area contributed by atoms with Gasteiger partial charge in [0.15, 0.2) is 0 Å². The fraction of sp³-hybridized carbons (Fsp3) is 0.625. The van der Waals surface area contributed by atoms with Gasteiger partial charge in [0.1, 0.15) is 0 Å². The van der Waals surface area contributed by atoms with E-state index in [9.17, 15) is 14.4 Å². The van der Waals surface area contributed by atoms with Crippen molar-refractivity contribution in [3.63, 3.8) is 0 Å². The van der Waals surface area contributed by atoms with Crippen LogP contribution >= 0.6 is 0 Å². The first-order valence-corrected chi connectivity index (χ1v) is 7.20. The van der Waals surface area contributed by atoms with Gasteiger partial charge >= 0.3 is 14.6 Å². The Morgan fingerprint density at radius 3 is 1.94 bits per heavy atom. The molecule has 0 aromatic heterocycles. The number of hydrogen-bond donors (Lipinski definition) is 2. The molecule has 0 aromatic rings. The molecule has 0 saturated carbocycles. The first-order valence-electron chi connectivity index (χ1n) is 4.67. The standard InChI is InChI=1S/C8H16N2O5Si/c1-6(11)14-16(3,15-7(2)12)5-4-10-8(9)13/h4-5H2,1-3H3,(H3,9,10,13). The Balaban J connectivity index is 4.34. The minimum atomic E-state index is -2.91. The SMILES string of the molecule is CC(=O)O[Si](C)(CCNC(N)=O)OC(C)=O. The molecule has 3 N–H and O–H groups in total. The second-order valence-electron chi connectivity index (χ2n) is 3.36. The van der Waals surface area contributed by atoms with Gasteiger partial charge in [-0.2, -0.15) is 0 Å². The molecule has 0 radical (unpaired) electrons. The van der Waals surface area contributed by atoms with Gasteiger partial charge in [-0.3, -0.25) is 9.59 Å². The molecule has 0 bridgehead atoms. The summed E-state index contributed by atoms with van der Waals surface area (Å²) >= 11 is 0. The van der Waals surface area contributed by atoms with E-state index >= 15 is 0 Å². The van der Waals surface area contributed by atoms with Crippen molar-refractivity contribution in [2.75, 3.05) is 6.54 Å². The van der Waals surface area contributed by atoms with Crippen LogP contribution in [-0.4, -0.2) is 33.1 Å². The van der Waals surface area contributed by atoms with Crippen molar-refractivity contribution in [1.82, 2.24) is 5.32 Å². The van der Waals surface area contributed by atoms with Gasteiger partial charge < -0.3 is 19.9 Å². The number of urea groups is 1. The molecule has 0 aliphatic heterocycles. The van der Waals surface area contributed by atoms with Crippen LogP contribution in [-0.2, 0) is 18.4 Å². The summed E-state index contributed by atoms with van der Waals surface area (Å²) in [7, 11) is -2.91. The van der Waals surface area contributed by atoms with E-state index in [1.54, 1.807) is 6.55 Å². The van der Waals surface area contributed by atoms with Crippen molar-refractivity contribution in [1.29, 1.82) is 0 Å². The highest BCUT2D eigenvalue weighted by Gasteiger charge is 2.37. The lowest BCUT2D eigenvalue weighted by atomic mass is 10.7. The molecule has 0 atom stereocenters. The van der Waals surface area contributed by atoms with Crippen molar-refractivity contribution >= 4 is 26.5 Å². The third kappa shape index (κ3) is 6.82. The molecule has 0 fully saturated rings. The van der Waals surface area contributed by atoms with Crippen LogP contribution in [0.4, 0.5) is 4.79 Å². The van der Waals surface area contributed by atoms with E-state index in [2.05, 4.69) is 5.32 Å². The molecule has 0 spiro atoms. The maximum Gasteiger partial charge on any atom is 0.462 e. The molecule has 7 nitrogen and oxygen atoms in total. The molecule has 16 heavy (non-hydrogen) atoms. The molecule has 0 aromatic carbocycles. The molecule has 0 heterocycles. The van der Waals surface area contributed by atoms with Gasteiger partial charge in [-0.05, 0) is 0 Å². The lowest BCUT2D eigenvalue weighted by molar-refractivity contribution is -0.138. The van der Waals surface area contributed by atoms with Crippen molar-refractivity contribution < 1.29 is 23.2 Å². The van der Waals surface area contributed by atoms with Crippen molar-refractivity contribution in [2.24, 2.45) is 5.73 Å². The monoisotopic (exact) mass is 248 g/mol. The van der Waals surface area contributed by atoms with Gasteiger partial charge in [-0.15, -0.1) is 0 Å². The van der Waals surface area contributed by atoms with E-state index < -0.39 is 26.5 Å². The van der Waals surface area contributed by atoms with Crippen LogP contribution in [0.5, 0.6) is 0 Å². The summed E-state index contributed by atoms with van der Waals surface area (Å²) in [6.45, 7) is 4.23. The van der Waals surface area contributed by atoms with Crippen LogP contribution in [0.3, 0.4) is 0 Å². The van der Waals surface area contributed by atoms with Crippen molar-refractivity contribution in [2.45, 2.75) is 26.4 Å². The highest BCUT2D eigenvalue weighted by molar-refractivity contribution is 6.69. The normalized spacial score (nSPS) is 10.4. The Morgan fingerprint density at radius 1 is 1.19 bits per heavy atom. The highest BCUT2D eigenvalue weighted by atomic mass is 28.4. The third-order valence-electron chi connectivity index (χ3n) is 1.60. The Morgan fingerprint density at radius 2 is 1.62 bits per heavy atom. The molecule has 8 heteroatoms. The maximum atomic E-state index is 10.8. The number of nitrogens with two attached hydrogens (primary N) is 1. The van der Waals surface area contributed by atoms with E-state index in [0.717, 1.165) is 0 Å². The topological polar surface area (TPSA) is 108 Å². The van der Waals surface area contributed by atoms with Crippen LogP contribution in [0.25, 0.3) is 0 Å². The number of primary amides is 1. The zero-order chi connectivity index (χ0) is 12.8. The largest absolute Gasteiger partial charge is 0.485 e. The number of carbonyl (C=O) groups excluding carboxylic acids is 3. The average molecular weight is 248 g/mol. The lowest BCUT2D eigenvalue weighted by Crippen LogP contribution is -2.45. The number of carbonyl (C=O) groups is 3. The van der Waals surface area contributed by atoms with Crippen LogP contribution in [0, 0.1) is 0 Å². The summed E-state index contributed by atoms with van der Waals surface area (Å²) in [5.41, 5.74) is 4.87. The highest BCUT2D eigenvalue weighted by Crippen LogP contribution is 2.13. The van der Waals surface area contributed by atoms with E-state index in [4.69, 9.17) is 14.6 Å². The lowest BCUT2D eigenvalue weighted by Gasteiger charge is -2.24. The van der Waals surface area contributed by atoms with Crippen LogP contribution in [0.1, 0.15) is 13.8 Å². The zero-order valence-electron chi connectivity index (χ0n) is 9.53. The van der Waals surface area contributed by atoms with Gasteiger partial charge in [0.2, 0.25) is 0 Å². The van der Waals surface area contributed by atoms with Crippen LogP contribution < -0.4 is 11.1 Å².